The summed E-state index contributed by atoms with van der Waals surface area (Å²) in [6.45, 7) is 1.83. The topological polar surface area (TPSA) is 62.5 Å². The number of fused-ring (bicyclic) bond motifs is 3. The SMILES string of the molecule is Oc1ccc(-c2cc3ncc4c(n3n2)CCNC4)cc1. The Morgan fingerprint density at radius 1 is 1.20 bits per heavy atom. The first-order valence-corrected chi connectivity index (χ1v) is 6.68. The van der Waals surface area contributed by atoms with Crippen LogP contribution in [0.5, 0.6) is 5.75 Å². The van der Waals surface area contributed by atoms with Gasteiger partial charge in [0.15, 0.2) is 5.65 Å². The van der Waals surface area contributed by atoms with Crippen LogP contribution in [0.25, 0.3) is 16.9 Å². The van der Waals surface area contributed by atoms with Crippen molar-refractivity contribution in [1.82, 2.24) is 19.9 Å². The van der Waals surface area contributed by atoms with Gasteiger partial charge in [-0.2, -0.15) is 5.10 Å². The van der Waals surface area contributed by atoms with Crippen molar-refractivity contribution in [3.05, 3.63) is 47.8 Å². The second-order valence-electron chi connectivity index (χ2n) is 5.00. The number of hydrogen-bond donors (Lipinski definition) is 2. The normalized spacial score (nSPS) is 14.4. The van der Waals surface area contributed by atoms with Gasteiger partial charge >= 0.3 is 0 Å². The van der Waals surface area contributed by atoms with Crippen molar-refractivity contribution in [1.29, 1.82) is 0 Å². The smallest absolute Gasteiger partial charge is 0.155 e. The molecule has 0 atom stereocenters. The van der Waals surface area contributed by atoms with Crippen LogP contribution in [-0.4, -0.2) is 26.2 Å². The minimum absolute atomic E-state index is 0.263. The molecule has 0 saturated carbocycles. The Labute approximate surface area is 115 Å². The fourth-order valence-electron chi connectivity index (χ4n) is 2.63. The largest absolute Gasteiger partial charge is 0.508 e. The fourth-order valence-corrected chi connectivity index (χ4v) is 2.63. The lowest BCUT2D eigenvalue weighted by Crippen LogP contribution is -2.26. The minimum atomic E-state index is 0.263. The zero-order valence-corrected chi connectivity index (χ0v) is 10.9. The molecule has 3 heterocycles. The first-order valence-electron chi connectivity index (χ1n) is 6.68. The number of hydrogen-bond acceptors (Lipinski definition) is 4. The molecule has 0 amide bonds. The molecule has 1 aromatic carbocycles. The molecule has 0 radical (unpaired) electrons. The molecule has 0 spiro atoms. The zero-order valence-electron chi connectivity index (χ0n) is 10.9. The summed E-state index contributed by atoms with van der Waals surface area (Å²) in [6, 6.07) is 9.06. The summed E-state index contributed by atoms with van der Waals surface area (Å²) in [5, 5.41) is 17.4. The molecule has 0 unspecified atom stereocenters. The van der Waals surface area contributed by atoms with E-state index < -0.39 is 0 Å². The van der Waals surface area contributed by atoms with E-state index in [1.54, 1.807) is 12.1 Å². The summed E-state index contributed by atoms with van der Waals surface area (Å²) in [4.78, 5) is 4.47. The molecule has 4 rings (SSSR count). The van der Waals surface area contributed by atoms with Gasteiger partial charge in [0, 0.05) is 42.9 Å². The van der Waals surface area contributed by atoms with Gasteiger partial charge in [-0.1, -0.05) is 0 Å². The van der Waals surface area contributed by atoms with Crippen molar-refractivity contribution in [3.63, 3.8) is 0 Å². The average Bonchev–Trinajstić information content (AvgIpc) is 2.92. The van der Waals surface area contributed by atoms with Gasteiger partial charge in [0.1, 0.15) is 5.75 Å². The highest BCUT2D eigenvalue weighted by Crippen LogP contribution is 2.23. The monoisotopic (exact) mass is 266 g/mol. The molecular formula is C15H14N4O. The van der Waals surface area contributed by atoms with Crippen LogP contribution >= 0.6 is 0 Å². The number of phenols is 1. The number of nitrogens with one attached hydrogen (secondary N) is 1. The Balaban J connectivity index is 1.88. The maximum absolute atomic E-state index is 9.36. The molecule has 20 heavy (non-hydrogen) atoms. The molecule has 1 aliphatic rings. The van der Waals surface area contributed by atoms with Gasteiger partial charge in [0.05, 0.1) is 11.4 Å². The van der Waals surface area contributed by atoms with E-state index in [1.807, 2.05) is 28.9 Å². The predicted octanol–water partition coefficient (Wildman–Crippen LogP) is 1.75. The quantitative estimate of drug-likeness (QED) is 0.704. The van der Waals surface area contributed by atoms with Crippen LogP contribution in [-0.2, 0) is 13.0 Å². The van der Waals surface area contributed by atoms with E-state index in [0.717, 1.165) is 36.4 Å². The molecule has 2 aromatic heterocycles. The van der Waals surface area contributed by atoms with Crippen molar-refractivity contribution in [3.8, 4) is 17.0 Å². The standard InChI is InChI=1S/C15H14N4O/c20-12-3-1-10(2-4-12)13-7-15-17-9-11-8-16-6-5-14(11)19(15)18-13/h1-4,7,9,16,20H,5-6,8H2. The van der Waals surface area contributed by atoms with Crippen molar-refractivity contribution >= 4 is 5.65 Å². The molecule has 5 heteroatoms. The van der Waals surface area contributed by atoms with E-state index >= 15 is 0 Å². The van der Waals surface area contributed by atoms with Crippen molar-refractivity contribution < 1.29 is 5.11 Å². The molecule has 2 N–H and O–H groups in total. The number of benzene rings is 1. The highest BCUT2D eigenvalue weighted by Gasteiger charge is 2.15. The van der Waals surface area contributed by atoms with E-state index in [4.69, 9.17) is 0 Å². The van der Waals surface area contributed by atoms with E-state index in [9.17, 15) is 5.11 Å². The van der Waals surface area contributed by atoms with Crippen LogP contribution in [0.15, 0.2) is 36.5 Å². The van der Waals surface area contributed by atoms with Gasteiger partial charge in [-0.25, -0.2) is 9.50 Å². The number of rotatable bonds is 1. The number of phenolic OH excluding ortho intramolecular Hbond substituents is 1. The highest BCUT2D eigenvalue weighted by atomic mass is 16.3. The van der Waals surface area contributed by atoms with Crippen molar-refractivity contribution in [2.45, 2.75) is 13.0 Å². The van der Waals surface area contributed by atoms with Crippen LogP contribution in [0.1, 0.15) is 11.3 Å². The highest BCUT2D eigenvalue weighted by molar-refractivity contribution is 5.65. The number of aromatic nitrogens is 3. The molecule has 0 saturated heterocycles. The van der Waals surface area contributed by atoms with E-state index in [-0.39, 0.29) is 5.75 Å². The second kappa shape index (κ2) is 4.31. The Bertz CT molecular complexity index is 776. The molecule has 100 valence electrons. The maximum Gasteiger partial charge on any atom is 0.155 e. The van der Waals surface area contributed by atoms with Crippen molar-refractivity contribution in [2.75, 3.05) is 6.54 Å². The number of aromatic hydroxyl groups is 1. The van der Waals surface area contributed by atoms with E-state index in [0.29, 0.717) is 0 Å². The second-order valence-corrected chi connectivity index (χ2v) is 5.00. The lowest BCUT2D eigenvalue weighted by atomic mass is 10.1. The van der Waals surface area contributed by atoms with Gasteiger partial charge < -0.3 is 10.4 Å². The van der Waals surface area contributed by atoms with Crippen LogP contribution in [0.3, 0.4) is 0 Å². The third kappa shape index (κ3) is 1.75. The van der Waals surface area contributed by atoms with Crippen LogP contribution in [0, 0.1) is 0 Å². The van der Waals surface area contributed by atoms with Gasteiger partial charge in [-0.15, -0.1) is 0 Å². The summed E-state index contributed by atoms with van der Waals surface area (Å²) in [7, 11) is 0. The third-order valence-electron chi connectivity index (χ3n) is 3.69. The fraction of sp³-hybridized carbons (Fsp3) is 0.200. The summed E-state index contributed by atoms with van der Waals surface area (Å²) in [5.41, 5.74) is 5.18. The molecule has 0 bridgehead atoms. The average molecular weight is 266 g/mol. The Hall–Kier alpha value is -2.40. The van der Waals surface area contributed by atoms with Gasteiger partial charge in [-0.3, -0.25) is 0 Å². The first-order chi connectivity index (χ1) is 9.81. The van der Waals surface area contributed by atoms with Gasteiger partial charge in [-0.05, 0) is 24.3 Å². The molecular weight excluding hydrogens is 252 g/mol. The summed E-state index contributed by atoms with van der Waals surface area (Å²) >= 11 is 0. The van der Waals surface area contributed by atoms with Gasteiger partial charge in [0.25, 0.3) is 0 Å². The van der Waals surface area contributed by atoms with Gasteiger partial charge in [0.2, 0.25) is 0 Å². The maximum atomic E-state index is 9.36. The Kier molecular flexibility index (Phi) is 2.47. The molecule has 0 aliphatic carbocycles. The Morgan fingerprint density at radius 2 is 2.05 bits per heavy atom. The molecule has 1 aliphatic heterocycles. The third-order valence-corrected chi connectivity index (χ3v) is 3.69. The van der Waals surface area contributed by atoms with E-state index in [1.165, 1.54) is 11.3 Å². The summed E-state index contributed by atoms with van der Waals surface area (Å²) in [5.74, 6) is 0.263. The van der Waals surface area contributed by atoms with Crippen LogP contribution < -0.4 is 5.32 Å². The van der Waals surface area contributed by atoms with Crippen LogP contribution in [0.4, 0.5) is 0 Å². The summed E-state index contributed by atoms with van der Waals surface area (Å²) < 4.78 is 1.94. The molecule has 5 nitrogen and oxygen atoms in total. The molecule has 3 aromatic rings. The van der Waals surface area contributed by atoms with Crippen molar-refractivity contribution in [2.24, 2.45) is 0 Å². The lowest BCUT2D eigenvalue weighted by Gasteiger charge is -2.16. The first kappa shape index (κ1) is 11.4. The molecule has 0 fully saturated rings. The number of nitrogens with zero attached hydrogens (tertiary/aromatic N) is 3. The zero-order chi connectivity index (χ0) is 13.5. The van der Waals surface area contributed by atoms with Crippen LogP contribution in [0.2, 0.25) is 0 Å². The Morgan fingerprint density at radius 3 is 2.90 bits per heavy atom. The lowest BCUT2D eigenvalue weighted by molar-refractivity contribution is 0.475. The predicted molar refractivity (Wildman–Crippen MR) is 75.5 cm³/mol. The van der Waals surface area contributed by atoms with E-state index in [2.05, 4.69) is 15.4 Å². The summed E-state index contributed by atoms with van der Waals surface area (Å²) in [6.07, 6.45) is 2.89. The minimum Gasteiger partial charge on any atom is -0.508 e.